The number of carboxylic acids is 1. The number of carboxylic acid groups (broad SMARTS) is 1. The van der Waals surface area contributed by atoms with Crippen LogP contribution in [0.2, 0.25) is 0 Å². The van der Waals surface area contributed by atoms with Crippen LogP contribution < -0.4 is 5.73 Å². The van der Waals surface area contributed by atoms with E-state index in [1.165, 1.54) is 0 Å². The summed E-state index contributed by atoms with van der Waals surface area (Å²) in [4.78, 5) is 21.0. The number of hydrogen-bond acceptors (Lipinski definition) is 5. The molecule has 0 bridgehead atoms. The zero-order valence-electron chi connectivity index (χ0n) is 8.33. The molecule has 0 aliphatic heterocycles. The molecule has 1 amide bonds. The van der Waals surface area contributed by atoms with Crippen molar-refractivity contribution in [2.45, 2.75) is 19.3 Å². The molecule has 0 aliphatic rings. The van der Waals surface area contributed by atoms with Gasteiger partial charge in [-0.3, -0.25) is 14.1 Å². The molecular formula is C7H13NO7S. The van der Waals surface area contributed by atoms with Gasteiger partial charge in [0.25, 0.3) is 0 Å². The number of rotatable bonds is 8. The molecule has 1 atom stereocenters. The molecule has 0 unspecified atom stereocenters. The Bertz CT molecular complexity index is 350. The zero-order valence-corrected chi connectivity index (χ0v) is 9.14. The van der Waals surface area contributed by atoms with E-state index in [9.17, 15) is 18.0 Å². The Morgan fingerprint density at radius 2 is 1.94 bits per heavy atom. The molecule has 0 aromatic carbocycles. The average Bonchev–Trinajstić information content (AvgIpc) is 2.07. The predicted octanol–water partition coefficient (Wildman–Crippen LogP) is -0.838. The Morgan fingerprint density at radius 1 is 1.38 bits per heavy atom. The van der Waals surface area contributed by atoms with Crippen LogP contribution in [-0.4, -0.2) is 36.6 Å². The topological polar surface area (TPSA) is 144 Å². The number of amides is 1. The third kappa shape index (κ3) is 8.15. The van der Waals surface area contributed by atoms with Gasteiger partial charge in [-0.15, -0.1) is 0 Å². The first kappa shape index (κ1) is 14.8. The standard InChI is InChI=1S/C7H13NO7S/c8-6(9)3-1-2-5(7(10)11)4-15-16(12,13)14/h5H,1-4H2,(H2,8,9)(H,10,11)(H,12,13,14)/t5-/m1/s1. The van der Waals surface area contributed by atoms with Gasteiger partial charge >= 0.3 is 16.4 Å². The Kier molecular flexibility index (Phi) is 5.93. The van der Waals surface area contributed by atoms with E-state index in [0.29, 0.717) is 0 Å². The maximum absolute atomic E-state index is 10.6. The van der Waals surface area contributed by atoms with Crippen LogP contribution in [0.25, 0.3) is 0 Å². The Balaban J connectivity index is 4.09. The van der Waals surface area contributed by atoms with Crippen molar-refractivity contribution in [2.75, 3.05) is 6.61 Å². The van der Waals surface area contributed by atoms with Crippen LogP contribution in [0.3, 0.4) is 0 Å². The van der Waals surface area contributed by atoms with Crippen LogP contribution in [0.1, 0.15) is 19.3 Å². The van der Waals surface area contributed by atoms with Gasteiger partial charge in [0.1, 0.15) is 0 Å². The monoisotopic (exact) mass is 255 g/mol. The maximum Gasteiger partial charge on any atom is 0.397 e. The van der Waals surface area contributed by atoms with Crippen molar-refractivity contribution in [1.29, 1.82) is 0 Å². The minimum atomic E-state index is -4.65. The van der Waals surface area contributed by atoms with Crippen molar-refractivity contribution < 1.29 is 31.8 Å². The molecule has 0 saturated heterocycles. The summed E-state index contributed by atoms with van der Waals surface area (Å²) in [5, 5.41) is 8.66. The highest BCUT2D eigenvalue weighted by molar-refractivity contribution is 7.80. The van der Waals surface area contributed by atoms with Crippen LogP contribution >= 0.6 is 0 Å². The molecule has 0 aromatic heterocycles. The zero-order chi connectivity index (χ0) is 12.8. The van der Waals surface area contributed by atoms with Gasteiger partial charge in [-0.05, 0) is 12.8 Å². The third-order valence-corrected chi connectivity index (χ3v) is 2.18. The second-order valence-corrected chi connectivity index (χ2v) is 4.20. The van der Waals surface area contributed by atoms with Crippen LogP contribution in [0.4, 0.5) is 0 Å². The Labute approximate surface area is 92.3 Å². The largest absolute Gasteiger partial charge is 0.481 e. The highest BCUT2D eigenvalue weighted by Crippen LogP contribution is 2.10. The first-order valence-corrected chi connectivity index (χ1v) is 5.72. The van der Waals surface area contributed by atoms with E-state index >= 15 is 0 Å². The molecule has 0 aliphatic carbocycles. The lowest BCUT2D eigenvalue weighted by molar-refractivity contribution is -0.143. The van der Waals surface area contributed by atoms with E-state index in [1.807, 2.05) is 0 Å². The normalized spacial score (nSPS) is 13.3. The molecule has 0 heterocycles. The van der Waals surface area contributed by atoms with E-state index in [2.05, 4.69) is 4.18 Å². The summed E-state index contributed by atoms with van der Waals surface area (Å²) in [6, 6.07) is 0. The summed E-state index contributed by atoms with van der Waals surface area (Å²) in [6.07, 6.45) is 0.255. The van der Waals surface area contributed by atoms with Gasteiger partial charge in [0.05, 0.1) is 12.5 Å². The van der Waals surface area contributed by atoms with E-state index in [-0.39, 0.29) is 19.3 Å². The lowest BCUT2D eigenvalue weighted by Gasteiger charge is -2.10. The van der Waals surface area contributed by atoms with Gasteiger partial charge in [0.15, 0.2) is 0 Å². The summed E-state index contributed by atoms with van der Waals surface area (Å²) in [5.74, 6) is -2.95. The molecular weight excluding hydrogens is 242 g/mol. The molecule has 8 nitrogen and oxygen atoms in total. The first-order valence-electron chi connectivity index (χ1n) is 4.35. The molecule has 0 aromatic rings. The molecule has 0 saturated carbocycles. The Hall–Kier alpha value is -1.19. The van der Waals surface area contributed by atoms with E-state index < -0.39 is 34.8 Å². The molecule has 0 radical (unpaired) electrons. The van der Waals surface area contributed by atoms with Crippen LogP contribution in [0.5, 0.6) is 0 Å². The van der Waals surface area contributed by atoms with E-state index in [4.69, 9.17) is 15.4 Å². The number of primary amides is 1. The highest BCUT2D eigenvalue weighted by Gasteiger charge is 2.20. The highest BCUT2D eigenvalue weighted by atomic mass is 32.3. The lowest BCUT2D eigenvalue weighted by Crippen LogP contribution is -2.22. The quantitative estimate of drug-likeness (QED) is 0.479. The SMILES string of the molecule is NC(=O)CCC[C@H](COS(=O)(=O)O)C(=O)O. The molecule has 0 spiro atoms. The second kappa shape index (κ2) is 6.40. The van der Waals surface area contributed by atoms with Gasteiger partial charge in [0.2, 0.25) is 5.91 Å². The fourth-order valence-corrected chi connectivity index (χ4v) is 1.31. The lowest BCUT2D eigenvalue weighted by atomic mass is 10.0. The number of carbonyl (C=O) groups is 2. The van der Waals surface area contributed by atoms with Crippen molar-refractivity contribution in [1.82, 2.24) is 0 Å². The summed E-state index contributed by atoms with van der Waals surface area (Å²) < 4.78 is 32.6. The van der Waals surface area contributed by atoms with Crippen molar-refractivity contribution in [2.24, 2.45) is 11.7 Å². The molecule has 0 rings (SSSR count). The first-order chi connectivity index (χ1) is 7.22. The molecule has 4 N–H and O–H groups in total. The smallest absolute Gasteiger partial charge is 0.397 e. The fourth-order valence-electron chi connectivity index (χ4n) is 0.969. The van der Waals surface area contributed by atoms with Crippen molar-refractivity contribution >= 4 is 22.3 Å². The summed E-state index contributed by atoms with van der Waals surface area (Å²) in [6.45, 7) is -0.674. The van der Waals surface area contributed by atoms with Crippen molar-refractivity contribution in [3.8, 4) is 0 Å². The minimum Gasteiger partial charge on any atom is -0.481 e. The second-order valence-electron chi connectivity index (χ2n) is 3.11. The maximum atomic E-state index is 10.6. The molecule has 9 heteroatoms. The fraction of sp³-hybridized carbons (Fsp3) is 0.714. The summed E-state index contributed by atoms with van der Waals surface area (Å²) >= 11 is 0. The van der Waals surface area contributed by atoms with E-state index in [1.54, 1.807) is 0 Å². The molecule has 94 valence electrons. The predicted molar refractivity (Wildman–Crippen MR) is 51.7 cm³/mol. The van der Waals surface area contributed by atoms with Gasteiger partial charge in [0, 0.05) is 6.42 Å². The van der Waals surface area contributed by atoms with Crippen LogP contribution in [0.15, 0.2) is 0 Å². The minimum absolute atomic E-state index is 0.00958. The average molecular weight is 255 g/mol. The molecule has 16 heavy (non-hydrogen) atoms. The van der Waals surface area contributed by atoms with Crippen LogP contribution in [-0.2, 0) is 24.2 Å². The number of hydrogen-bond donors (Lipinski definition) is 3. The number of carbonyl (C=O) groups excluding carboxylic acids is 1. The van der Waals surface area contributed by atoms with Gasteiger partial charge in [-0.1, -0.05) is 0 Å². The van der Waals surface area contributed by atoms with Crippen LogP contribution in [0, 0.1) is 5.92 Å². The number of nitrogens with two attached hydrogens (primary N) is 1. The third-order valence-electron chi connectivity index (χ3n) is 1.74. The number of aliphatic carboxylic acids is 1. The van der Waals surface area contributed by atoms with Crippen molar-refractivity contribution in [3.05, 3.63) is 0 Å². The molecule has 0 fully saturated rings. The van der Waals surface area contributed by atoms with Gasteiger partial charge < -0.3 is 10.8 Å². The van der Waals surface area contributed by atoms with Crippen molar-refractivity contribution in [3.63, 3.8) is 0 Å². The van der Waals surface area contributed by atoms with Gasteiger partial charge in [-0.2, -0.15) is 8.42 Å². The van der Waals surface area contributed by atoms with Gasteiger partial charge in [-0.25, -0.2) is 4.18 Å². The summed E-state index contributed by atoms with van der Waals surface area (Å²) in [5.41, 5.74) is 4.84. The van der Waals surface area contributed by atoms with E-state index in [0.717, 1.165) is 0 Å². The summed E-state index contributed by atoms with van der Waals surface area (Å²) in [7, 11) is -4.65. The Morgan fingerprint density at radius 3 is 2.31 bits per heavy atom.